The molecular weight excluding hydrogens is 508 g/mol. The summed E-state index contributed by atoms with van der Waals surface area (Å²) >= 11 is 0. The van der Waals surface area contributed by atoms with Gasteiger partial charge in [0.25, 0.3) is 0 Å². The van der Waals surface area contributed by atoms with Gasteiger partial charge in [-0.05, 0) is 135 Å². The highest BCUT2D eigenvalue weighted by atomic mass is 28.3. The quantitative estimate of drug-likeness (QED) is 0.231. The molecule has 0 fully saturated rings. The van der Waals surface area contributed by atoms with E-state index in [0.717, 1.165) is 17.2 Å². The van der Waals surface area contributed by atoms with Crippen molar-refractivity contribution in [2.24, 2.45) is 0 Å². The Labute approximate surface area is 242 Å². The first-order valence-corrected chi connectivity index (χ1v) is 16.1. The standard InChI is InChI=1S/C36H46O3Si/c1-21-14-30(17-33(37-11)26(21)6)40(36(10)20-24(4)25(5)29(36)9,31-15-22(2)27(7)34(18-31)38-12)32-16-23(3)28(8)35(19-32)39-13/h14-20H,1-13H3. The van der Waals surface area contributed by atoms with Gasteiger partial charge in [-0.1, -0.05) is 42.3 Å². The van der Waals surface area contributed by atoms with Crippen molar-refractivity contribution in [2.75, 3.05) is 21.3 Å². The molecule has 0 bridgehead atoms. The van der Waals surface area contributed by atoms with Crippen molar-refractivity contribution < 1.29 is 14.2 Å². The van der Waals surface area contributed by atoms with Crippen LogP contribution in [0.25, 0.3) is 0 Å². The van der Waals surface area contributed by atoms with E-state index in [1.54, 1.807) is 21.3 Å². The molecule has 3 aromatic rings. The fourth-order valence-electron chi connectivity index (χ4n) is 6.89. The zero-order chi connectivity index (χ0) is 29.7. The summed E-state index contributed by atoms with van der Waals surface area (Å²) < 4.78 is 18.1. The second-order valence-corrected chi connectivity index (χ2v) is 16.2. The molecule has 0 saturated heterocycles. The van der Waals surface area contributed by atoms with Gasteiger partial charge in [-0.2, -0.15) is 0 Å². The van der Waals surface area contributed by atoms with Gasteiger partial charge in [-0.15, -0.1) is 0 Å². The van der Waals surface area contributed by atoms with Crippen LogP contribution < -0.4 is 29.8 Å². The van der Waals surface area contributed by atoms with Crippen LogP contribution in [0.5, 0.6) is 17.2 Å². The first-order chi connectivity index (χ1) is 18.8. The Morgan fingerprint density at radius 2 is 0.850 bits per heavy atom. The summed E-state index contributed by atoms with van der Waals surface area (Å²) in [4.78, 5) is 0. The van der Waals surface area contributed by atoms with E-state index in [0.29, 0.717) is 0 Å². The van der Waals surface area contributed by atoms with Gasteiger partial charge in [0.05, 0.1) is 21.3 Å². The highest BCUT2D eigenvalue weighted by Crippen LogP contribution is 2.53. The predicted molar refractivity (Wildman–Crippen MR) is 173 cm³/mol. The molecule has 1 aliphatic carbocycles. The molecule has 0 aromatic heterocycles. The number of methoxy groups -OCH3 is 3. The first-order valence-electron chi connectivity index (χ1n) is 14.1. The van der Waals surface area contributed by atoms with Gasteiger partial charge >= 0.3 is 0 Å². The van der Waals surface area contributed by atoms with Crippen LogP contribution in [0.15, 0.2) is 59.2 Å². The van der Waals surface area contributed by atoms with Crippen molar-refractivity contribution in [1.82, 2.24) is 0 Å². The number of benzene rings is 3. The van der Waals surface area contributed by atoms with Gasteiger partial charge < -0.3 is 14.2 Å². The Balaban J connectivity index is 2.37. The smallest absolute Gasteiger partial charge is 0.162 e. The van der Waals surface area contributed by atoms with Crippen LogP contribution in [0.3, 0.4) is 0 Å². The van der Waals surface area contributed by atoms with Crippen molar-refractivity contribution in [3.05, 3.63) is 92.6 Å². The van der Waals surface area contributed by atoms with Gasteiger partial charge in [0.1, 0.15) is 17.2 Å². The monoisotopic (exact) mass is 554 g/mol. The SMILES string of the molecule is COc1cc([Si](c2cc(C)c(C)c(OC)c2)(c2cc(C)c(C)c(OC)c2)C2(C)C=C(C)C(C)=C2C)cc(C)c1C. The second-order valence-electron chi connectivity index (χ2n) is 11.9. The predicted octanol–water partition coefficient (Wildman–Crippen LogP) is 7.09. The third-order valence-corrected chi connectivity index (χ3v) is 15.6. The van der Waals surface area contributed by atoms with Crippen LogP contribution in [0.4, 0.5) is 0 Å². The molecule has 1 atom stereocenters. The maximum atomic E-state index is 6.02. The minimum absolute atomic E-state index is 0.257. The van der Waals surface area contributed by atoms with E-state index in [4.69, 9.17) is 14.2 Å². The highest BCUT2D eigenvalue weighted by molar-refractivity contribution is 7.14. The molecule has 212 valence electrons. The third kappa shape index (κ3) is 4.23. The molecule has 0 amide bonds. The molecule has 40 heavy (non-hydrogen) atoms. The lowest BCUT2D eigenvalue weighted by molar-refractivity contribution is 0.411. The van der Waals surface area contributed by atoms with Crippen molar-refractivity contribution in [3.8, 4) is 17.2 Å². The third-order valence-electron chi connectivity index (χ3n) is 10.0. The fourth-order valence-corrected chi connectivity index (χ4v) is 13.2. The highest BCUT2D eigenvalue weighted by Gasteiger charge is 2.57. The molecule has 0 heterocycles. The van der Waals surface area contributed by atoms with Crippen LogP contribution in [-0.4, -0.2) is 29.4 Å². The Kier molecular flexibility index (Phi) is 7.90. The maximum Gasteiger partial charge on any atom is 0.162 e. The molecule has 1 unspecified atom stereocenters. The van der Waals surface area contributed by atoms with Crippen LogP contribution in [0, 0.1) is 41.5 Å². The fraction of sp³-hybridized carbons (Fsp3) is 0.389. The van der Waals surface area contributed by atoms with Gasteiger partial charge in [0.15, 0.2) is 8.07 Å². The minimum Gasteiger partial charge on any atom is -0.496 e. The topological polar surface area (TPSA) is 27.7 Å². The molecular formula is C36H46O3Si. The Morgan fingerprint density at radius 3 is 1.10 bits per heavy atom. The van der Waals surface area contributed by atoms with Crippen molar-refractivity contribution >= 4 is 23.6 Å². The number of rotatable bonds is 7. The van der Waals surface area contributed by atoms with E-state index in [1.807, 2.05) is 0 Å². The van der Waals surface area contributed by atoms with Crippen LogP contribution in [0.1, 0.15) is 61.1 Å². The number of allylic oxidation sites excluding steroid dienone is 4. The normalized spacial score (nSPS) is 17.3. The lowest BCUT2D eigenvalue weighted by atomic mass is 10.0. The molecule has 3 nitrogen and oxygen atoms in total. The summed E-state index contributed by atoms with van der Waals surface area (Å²) in [6, 6.07) is 14.2. The summed E-state index contributed by atoms with van der Waals surface area (Å²) in [7, 11) is 2.40. The number of hydrogen-bond acceptors (Lipinski definition) is 3. The Bertz CT molecular complexity index is 1410. The maximum absolute atomic E-state index is 6.02. The van der Waals surface area contributed by atoms with Gasteiger partial charge in [-0.25, -0.2) is 0 Å². The Hall–Kier alpha value is -3.24. The summed E-state index contributed by atoms with van der Waals surface area (Å²) in [5.74, 6) is 2.79. The lowest BCUT2D eigenvalue weighted by Crippen LogP contribution is -2.73. The second kappa shape index (κ2) is 10.6. The number of ether oxygens (including phenoxy) is 3. The molecule has 0 N–H and O–H groups in total. The van der Waals surface area contributed by atoms with E-state index < -0.39 is 8.07 Å². The van der Waals surface area contributed by atoms with E-state index in [1.165, 1.54) is 65.7 Å². The van der Waals surface area contributed by atoms with Crippen LogP contribution >= 0.6 is 0 Å². The molecule has 0 spiro atoms. The summed E-state index contributed by atoms with van der Waals surface area (Å²) in [5, 5.41) is 3.71. The van der Waals surface area contributed by atoms with E-state index in [9.17, 15) is 0 Å². The molecule has 0 saturated carbocycles. The molecule has 0 aliphatic heterocycles. The molecule has 1 aliphatic rings. The van der Waals surface area contributed by atoms with Gasteiger partial charge in [0, 0.05) is 5.04 Å². The van der Waals surface area contributed by atoms with Crippen molar-refractivity contribution in [2.45, 2.75) is 74.3 Å². The summed E-state index contributed by atoms with van der Waals surface area (Å²) in [5.41, 5.74) is 11.4. The lowest BCUT2D eigenvalue weighted by Gasteiger charge is -2.48. The van der Waals surface area contributed by atoms with Gasteiger partial charge in [0.2, 0.25) is 0 Å². The molecule has 4 rings (SSSR count). The zero-order valence-corrected chi connectivity index (χ0v) is 27.8. The largest absolute Gasteiger partial charge is 0.496 e. The van der Waals surface area contributed by atoms with Crippen molar-refractivity contribution in [1.29, 1.82) is 0 Å². The number of hydrogen-bond donors (Lipinski definition) is 0. The minimum atomic E-state index is -2.94. The average Bonchev–Trinajstić information content (AvgIpc) is 3.12. The molecule has 4 heteroatoms. The van der Waals surface area contributed by atoms with Crippen molar-refractivity contribution in [3.63, 3.8) is 0 Å². The zero-order valence-electron chi connectivity index (χ0n) is 26.8. The van der Waals surface area contributed by atoms with E-state index in [2.05, 4.69) is 112 Å². The first kappa shape index (κ1) is 29.7. The summed E-state index contributed by atoms with van der Waals surface area (Å²) in [6.07, 6.45) is 2.54. The summed E-state index contributed by atoms with van der Waals surface area (Å²) in [6.45, 7) is 22.4. The van der Waals surface area contributed by atoms with Crippen LogP contribution in [0.2, 0.25) is 5.04 Å². The van der Waals surface area contributed by atoms with E-state index >= 15 is 0 Å². The van der Waals surface area contributed by atoms with Gasteiger partial charge in [-0.3, -0.25) is 0 Å². The average molecular weight is 555 g/mol. The Morgan fingerprint density at radius 1 is 0.525 bits per heavy atom. The molecule has 3 aromatic carbocycles. The molecule has 0 radical (unpaired) electrons. The van der Waals surface area contributed by atoms with Crippen LogP contribution in [-0.2, 0) is 0 Å². The number of aryl methyl sites for hydroxylation is 3. The van der Waals surface area contributed by atoms with E-state index in [-0.39, 0.29) is 5.04 Å².